The van der Waals surface area contributed by atoms with Crippen molar-refractivity contribution in [1.82, 2.24) is 10.2 Å². The van der Waals surface area contributed by atoms with E-state index >= 15 is 0 Å². The molecule has 0 radical (unpaired) electrons. The summed E-state index contributed by atoms with van der Waals surface area (Å²) in [5, 5.41) is 21.5. The third-order valence-electron chi connectivity index (χ3n) is 4.42. The number of halogens is 1. The zero-order valence-electron chi connectivity index (χ0n) is 18.7. The molecule has 10 heteroatoms. The number of aryl methyl sites for hydroxylation is 1. The number of nitriles is 1. The van der Waals surface area contributed by atoms with Crippen molar-refractivity contribution in [2.75, 3.05) is 25.6 Å². The fourth-order valence-corrected chi connectivity index (χ4v) is 3.99. The average Bonchev–Trinajstić information content (AvgIpc) is 3.28. The van der Waals surface area contributed by atoms with Crippen molar-refractivity contribution in [3.63, 3.8) is 0 Å². The van der Waals surface area contributed by atoms with Crippen molar-refractivity contribution >= 4 is 40.1 Å². The highest BCUT2D eigenvalue weighted by atomic mass is 35.5. The number of para-hydroxylation sites is 1. The van der Waals surface area contributed by atoms with Gasteiger partial charge in [0.2, 0.25) is 5.13 Å². The largest absolute Gasteiger partial charge is 0.493 e. The number of amides is 1. The van der Waals surface area contributed by atoms with E-state index in [-0.39, 0.29) is 17.2 Å². The molecule has 0 unspecified atom stereocenters. The van der Waals surface area contributed by atoms with Crippen molar-refractivity contribution in [2.45, 2.75) is 19.8 Å². The number of hydrogen-bond donors (Lipinski definition) is 1. The lowest BCUT2D eigenvalue weighted by molar-refractivity contribution is -0.112. The van der Waals surface area contributed by atoms with Crippen LogP contribution in [0.4, 0.5) is 5.13 Å². The minimum Gasteiger partial charge on any atom is -0.493 e. The van der Waals surface area contributed by atoms with Gasteiger partial charge in [-0.15, -0.1) is 10.2 Å². The van der Waals surface area contributed by atoms with Gasteiger partial charge in [0.05, 0.1) is 12.1 Å². The van der Waals surface area contributed by atoms with Gasteiger partial charge in [0.25, 0.3) is 5.91 Å². The second kappa shape index (κ2) is 12.6. The lowest BCUT2D eigenvalue weighted by Crippen LogP contribution is -2.13. The molecule has 0 aliphatic heterocycles. The number of rotatable bonds is 11. The van der Waals surface area contributed by atoms with Gasteiger partial charge >= 0.3 is 0 Å². The highest BCUT2D eigenvalue weighted by molar-refractivity contribution is 7.15. The van der Waals surface area contributed by atoms with Gasteiger partial charge in [-0.3, -0.25) is 10.1 Å². The molecule has 8 nitrogen and oxygen atoms in total. The van der Waals surface area contributed by atoms with Crippen molar-refractivity contribution in [3.8, 4) is 23.3 Å². The van der Waals surface area contributed by atoms with Crippen LogP contribution in [0, 0.1) is 11.3 Å². The molecule has 0 spiro atoms. The van der Waals surface area contributed by atoms with Gasteiger partial charge < -0.3 is 14.2 Å². The van der Waals surface area contributed by atoms with Gasteiger partial charge in [-0.25, -0.2) is 0 Å². The summed E-state index contributed by atoms with van der Waals surface area (Å²) in [6.07, 6.45) is 3.12. The summed E-state index contributed by atoms with van der Waals surface area (Å²) in [4.78, 5) is 12.5. The molecule has 34 heavy (non-hydrogen) atoms. The van der Waals surface area contributed by atoms with E-state index in [1.165, 1.54) is 24.5 Å². The van der Waals surface area contributed by atoms with Crippen LogP contribution in [0.15, 0.2) is 48.0 Å². The number of carbonyl (C=O) groups excluding carboxylic acids is 1. The Balaban J connectivity index is 1.68. The van der Waals surface area contributed by atoms with Gasteiger partial charge in [-0.1, -0.05) is 48.1 Å². The Labute approximate surface area is 206 Å². The number of methoxy groups -OCH3 is 1. The van der Waals surface area contributed by atoms with E-state index in [1.54, 1.807) is 12.1 Å². The summed E-state index contributed by atoms with van der Waals surface area (Å²) in [6.45, 7) is 2.59. The fraction of sp³-hybridized carbons (Fsp3) is 0.250. The molecule has 3 rings (SSSR count). The molecule has 0 aliphatic rings. The van der Waals surface area contributed by atoms with E-state index in [0.29, 0.717) is 28.8 Å². The van der Waals surface area contributed by atoms with E-state index in [4.69, 9.17) is 25.8 Å². The molecule has 1 aromatic heterocycles. The number of benzene rings is 2. The number of ether oxygens (including phenoxy) is 3. The van der Waals surface area contributed by atoms with Gasteiger partial charge in [-0.2, -0.15) is 5.26 Å². The lowest BCUT2D eigenvalue weighted by Gasteiger charge is -2.14. The quantitative estimate of drug-likeness (QED) is 0.221. The monoisotopic (exact) mass is 498 g/mol. The van der Waals surface area contributed by atoms with E-state index < -0.39 is 5.91 Å². The molecule has 0 saturated heterocycles. The Kier molecular flexibility index (Phi) is 9.26. The highest BCUT2D eigenvalue weighted by Crippen LogP contribution is 2.37. The molecule has 0 atom stereocenters. The molecule has 0 saturated carbocycles. The molecule has 176 valence electrons. The van der Waals surface area contributed by atoms with Gasteiger partial charge in [0, 0.05) is 6.42 Å². The Morgan fingerprint density at radius 1 is 1.21 bits per heavy atom. The summed E-state index contributed by atoms with van der Waals surface area (Å²) in [7, 11) is 1.48. The fourth-order valence-electron chi connectivity index (χ4n) is 2.88. The lowest BCUT2D eigenvalue weighted by atomic mass is 10.1. The first-order chi connectivity index (χ1) is 16.5. The molecule has 1 N–H and O–H groups in total. The van der Waals surface area contributed by atoms with E-state index in [2.05, 4.69) is 15.5 Å². The van der Waals surface area contributed by atoms with E-state index in [0.717, 1.165) is 23.6 Å². The third-order valence-corrected chi connectivity index (χ3v) is 5.60. The zero-order chi connectivity index (χ0) is 24.3. The van der Waals surface area contributed by atoms with Crippen LogP contribution in [-0.2, 0) is 11.2 Å². The van der Waals surface area contributed by atoms with Crippen LogP contribution in [0.2, 0.25) is 5.02 Å². The molecular formula is C24H23ClN4O4S. The van der Waals surface area contributed by atoms with Crippen LogP contribution >= 0.6 is 22.9 Å². The first-order valence-corrected chi connectivity index (χ1v) is 11.7. The summed E-state index contributed by atoms with van der Waals surface area (Å²) < 4.78 is 16.8. The Morgan fingerprint density at radius 3 is 2.68 bits per heavy atom. The molecule has 0 bridgehead atoms. The summed E-state index contributed by atoms with van der Waals surface area (Å²) in [6, 6.07) is 14.5. The zero-order valence-corrected chi connectivity index (χ0v) is 20.3. The van der Waals surface area contributed by atoms with Crippen molar-refractivity contribution < 1.29 is 19.0 Å². The summed E-state index contributed by atoms with van der Waals surface area (Å²) in [5.74, 6) is 0.861. The van der Waals surface area contributed by atoms with Crippen molar-refractivity contribution in [3.05, 3.63) is 63.6 Å². The van der Waals surface area contributed by atoms with Crippen LogP contribution < -0.4 is 19.5 Å². The maximum atomic E-state index is 12.5. The average molecular weight is 499 g/mol. The SMILES string of the molecule is CCCc1nnc(NC(=O)/C(C#N)=C\c2cc(Cl)c(OCCOc3ccccc3)c(OC)c2)s1. The number of aromatic nitrogens is 2. The molecule has 1 amide bonds. The van der Waals surface area contributed by atoms with Gasteiger partial charge in [0.15, 0.2) is 11.5 Å². The van der Waals surface area contributed by atoms with Crippen LogP contribution in [0.3, 0.4) is 0 Å². The summed E-state index contributed by atoms with van der Waals surface area (Å²) >= 11 is 7.68. The predicted octanol–water partition coefficient (Wildman–Crippen LogP) is 5.16. The standard InChI is InChI=1S/C24H23ClN4O4S/c1-3-7-21-28-29-24(34-21)27-23(30)17(15-26)12-16-13-19(25)22(20(14-16)31-2)33-11-10-32-18-8-5-4-6-9-18/h4-6,8-9,12-14H,3,7,10-11H2,1-2H3,(H,27,29,30)/b17-12-. The first kappa shape index (κ1) is 25.0. The predicted molar refractivity (Wildman–Crippen MR) is 132 cm³/mol. The van der Waals surface area contributed by atoms with Crippen LogP contribution in [-0.4, -0.2) is 36.4 Å². The first-order valence-electron chi connectivity index (χ1n) is 10.5. The van der Waals surface area contributed by atoms with Crippen molar-refractivity contribution in [2.24, 2.45) is 0 Å². The number of anilines is 1. The van der Waals surface area contributed by atoms with Crippen molar-refractivity contribution in [1.29, 1.82) is 5.26 Å². The van der Waals surface area contributed by atoms with Crippen LogP contribution in [0.1, 0.15) is 23.9 Å². The Hall–Kier alpha value is -3.61. The minimum atomic E-state index is -0.588. The van der Waals surface area contributed by atoms with Crippen LogP contribution in [0.25, 0.3) is 6.08 Å². The number of hydrogen-bond acceptors (Lipinski definition) is 8. The molecule has 2 aromatic carbocycles. The molecule has 1 heterocycles. The van der Waals surface area contributed by atoms with Crippen LogP contribution in [0.5, 0.6) is 17.2 Å². The second-order valence-corrected chi connectivity index (χ2v) is 8.39. The molecule has 3 aromatic rings. The highest BCUT2D eigenvalue weighted by Gasteiger charge is 2.16. The molecule has 0 aliphatic carbocycles. The normalized spacial score (nSPS) is 10.9. The Bertz CT molecular complexity index is 1190. The van der Waals surface area contributed by atoms with Gasteiger partial charge in [-0.05, 0) is 42.3 Å². The Morgan fingerprint density at radius 2 is 1.97 bits per heavy atom. The second-order valence-electron chi connectivity index (χ2n) is 6.92. The maximum Gasteiger partial charge on any atom is 0.268 e. The molecular weight excluding hydrogens is 476 g/mol. The minimum absolute atomic E-state index is 0.115. The maximum absolute atomic E-state index is 12.5. The summed E-state index contributed by atoms with van der Waals surface area (Å²) in [5.41, 5.74) is 0.390. The number of carbonyl (C=O) groups is 1. The smallest absolute Gasteiger partial charge is 0.268 e. The number of nitrogens with zero attached hydrogens (tertiary/aromatic N) is 3. The van der Waals surface area contributed by atoms with E-state index in [9.17, 15) is 10.1 Å². The number of nitrogens with one attached hydrogen (secondary N) is 1. The molecule has 0 fully saturated rings. The topological polar surface area (TPSA) is 106 Å². The van der Waals surface area contributed by atoms with E-state index in [1.807, 2.05) is 43.3 Å². The third kappa shape index (κ3) is 6.94. The van der Waals surface area contributed by atoms with Gasteiger partial charge in [0.1, 0.15) is 35.6 Å².